The van der Waals surface area contributed by atoms with Gasteiger partial charge in [0.15, 0.2) is 5.82 Å². The number of H-pyrrole nitrogens is 1. The van der Waals surface area contributed by atoms with Crippen molar-refractivity contribution in [3.63, 3.8) is 0 Å². The summed E-state index contributed by atoms with van der Waals surface area (Å²) in [6.45, 7) is 0. The minimum atomic E-state index is -4.49. The lowest BCUT2D eigenvalue weighted by Gasteiger charge is -2.12. The standard InChI is InChI=1S/C17H12F3N3O3/c18-17(19,20)12-4-2-1-3-10(12)7-11-5-6-26-14(11)8-13(24)15(25)16-21-9-22-23-16/h1-6,9H,7-8H2,(H,21,22,23). The lowest BCUT2D eigenvalue weighted by atomic mass is 9.98. The van der Waals surface area contributed by atoms with Crippen molar-refractivity contribution in [2.75, 3.05) is 0 Å². The molecule has 2 aromatic heterocycles. The zero-order valence-corrected chi connectivity index (χ0v) is 13.2. The van der Waals surface area contributed by atoms with Crippen molar-refractivity contribution in [3.05, 3.63) is 71.2 Å². The van der Waals surface area contributed by atoms with Crippen LogP contribution in [0.3, 0.4) is 0 Å². The number of alkyl halides is 3. The fourth-order valence-electron chi connectivity index (χ4n) is 2.51. The molecule has 0 atom stereocenters. The SMILES string of the molecule is O=C(Cc1occc1Cc1ccccc1C(F)(F)F)C(=O)c1ncn[nH]1. The average Bonchev–Trinajstić information content (AvgIpc) is 3.26. The molecule has 0 bridgehead atoms. The summed E-state index contributed by atoms with van der Waals surface area (Å²) in [5.74, 6) is -1.74. The Morgan fingerprint density at radius 3 is 2.58 bits per heavy atom. The van der Waals surface area contributed by atoms with Gasteiger partial charge in [-0.05, 0) is 23.3 Å². The molecule has 9 heteroatoms. The van der Waals surface area contributed by atoms with Gasteiger partial charge in [-0.3, -0.25) is 14.7 Å². The van der Waals surface area contributed by atoms with Gasteiger partial charge in [-0.1, -0.05) is 18.2 Å². The number of furan rings is 1. The van der Waals surface area contributed by atoms with Crippen LogP contribution in [0.2, 0.25) is 0 Å². The van der Waals surface area contributed by atoms with Gasteiger partial charge in [0.1, 0.15) is 12.1 Å². The van der Waals surface area contributed by atoms with E-state index in [0.29, 0.717) is 5.56 Å². The van der Waals surface area contributed by atoms with Gasteiger partial charge in [0.2, 0.25) is 5.78 Å². The largest absolute Gasteiger partial charge is 0.469 e. The fourth-order valence-corrected chi connectivity index (χ4v) is 2.51. The molecule has 0 fully saturated rings. The van der Waals surface area contributed by atoms with E-state index in [4.69, 9.17) is 4.42 Å². The van der Waals surface area contributed by atoms with E-state index in [1.54, 1.807) is 0 Å². The van der Waals surface area contributed by atoms with Crippen molar-refractivity contribution in [3.8, 4) is 0 Å². The first-order valence-corrected chi connectivity index (χ1v) is 7.49. The number of ketones is 2. The van der Waals surface area contributed by atoms with Gasteiger partial charge in [0.05, 0.1) is 18.2 Å². The topological polar surface area (TPSA) is 88.8 Å². The average molecular weight is 363 g/mol. The third-order valence-electron chi connectivity index (χ3n) is 3.75. The number of carbonyl (C=O) groups is 2. The maximum Gasteiger partial charge on any atom is 0.416 e. The summed E-state index contributed by atoms with van der Waals surface area (Å²) >= 11 is 0. The van der Waals surface area contributed by atoms with E-state index in [9.17, 15) is 22.8 Å². The van der Waals surface area contributed by atoms with Crippen molar-refractivity contribution in [1.29, 1.82) is 0 Å². The second kappa shape index (κ2) is 6.95. The Balaban J connectivity index is 1.80. The summed E-state index contributed by atoms with van der Waals surface area (Å²) in [6, 6.07) is 6.65. The van der Waals surface area contributed by atoms with Gasteiger partial charge in [-0.15, -0.1) is 0 Å². The smallest absolute Gasteiger partial charge is 0.416 e. The molecule has 0 aliphatic heterocycles. The van der Waals surface area contributed by atoms with Crippen LogP contribution in [0.25, 0.3) is 0 Å². The number of hydrogen-bond donors (Lipinski definition) is 1. The molecule has 0 unspecified atom stereocenters. The minimum absolute atomic E-state index is 0.0525. The second-order valence-corrected chi connectivity index (χ2v) is 5.46. The number of halogens is 3. The van der Waals surface area contributed by atoms with Gasteiger partial charge in [0.25, 0.3) is 5.78 Å². The number of nitrogens with one attached hydrogen (secondary N) is 1. The van der Waals surface area contributed by atoms with E-state index in [2.05, 4.69) is 15.2 Å². The fraction of sp³-hybridized carbons (Fsp3) is 0.176. The molecule has 134 valence electrons. The number of nitrogens with zero attached hydrogens (tertiary/aromatic N) is 2. The van der Waals surface area contributed by atoms with Crippen LogP contribution in [0.1, 0.15) is 33.1 Å². The van der Waals surface area contributed by atoms with Crippen molar-refractivity contribution >= 4 is 11.6 Å². The van der Waals surface area contributed by atoms with Crippen LogP contribution >= 0.6 is 0 Å². The van der Waals surface area contributed by atoms with E-state index in [1.165, 1.54) is 30.5 Å². The molecular weight excluding hydrogens is 351 g/mol. The summed E-state index contributed by atoms with van der Waals surface area (Å²) in [7, 11) is 0. The van der Waals surface area contributed by atoms with E-state index in [-0.39, 0.29) is 30.0 Å². The number of aromatic nitrogens is 3. The maximum absolute atomic E-state index is 13.1. The Labute approximate surface area is 145 Å². The van der Waals surface area contributed by atoms with Crippen LogP contribution in [0, 0.1) is 0 Å². The second-order valence-electron chi connectivity index (χ2n) is 5.46. The zero-order chi connectivity index (χ0) is 18.7. The first-order valence-electron chi connectivity index (χ1n) is 7.49. The van der Waals surface area contributed by atoms with Crippen molar-refractivity contribution in [2.24, 2.45) is 0 Å². The monoisotopic (exact) mass is 363 g/mol. The molecule has 3 aromatic rings. The third kappa shape index (κ3) is 3.71. The number of benzene rings is 1. The van der Waals surface area contributed by atoms with Gasteiger partial charge >= 0.3 is 6.18 Å². The highest BCUT2D eigenvalue weighted by Crippen LogP contribution is 2.33. The van der Waals surface area contributed by atoms with Crippen molar-refractivity contribution < 1.29 is 27.2 Å². The summed E-state index contributed by atoms with van der Waals surface area (Å²) < 4.78 is 44.5. The lowest BCUT2D eigenvalue weighted by molar-refractivity contribution is -0.138. The highest BCUT2D eigenvalue weighted by Gasteiger charge is 2.33. The molecule has 0 radical (unpaired) electrons. The number of carbonyl (C=O) groups excluding carboxylic acids is 2. The first kappa shape index (κ1) is 17.6. The molecule has 0 aliphatic carbocycles. The van der Waals surface area contributed by atoms with Crippen LogP contribution in [-0.4, -0.2) is 26.7 Å². The molecule has 1 aromatic carbocycles. The molecule has 0 amide bonds. The predicted octanol–water partition coefficient (Wildman–Crippen LogP) is 3.00. The predicted molar refractivity (Wildman–Crippen MR) is 82.4 cm³/mol. The van der Waals surface area contributed by atoms with Crippen LogP contribution in [0.4, 0.5) is 13.2 Å². The van der Waals surface area contributed by atoms with Crippen LogP contribution in [-0.2, 0) is 23.8 Å². The molecular formula is C17H12F3N3O3. The first-order chi connectivity index (χ1) is 12.4. The van der Waals surface area contributed by atoms with Gasteiger partial charge in [0, 0.05) is 6.42 Å². The Hall–Kier alpha value is -3.23. The number of rotatable bonds is 6. The molecule has 0 saturated heterocycles. The zero-order valence-electron chi connectivity index (χ0n) is 13.2. The Bertz CT molecular complexity index is 930. The molecule has 0 spiro atoms. The maximum atomic E-state index is 13.1. The summed E-state index contributed by atoms with van der Waals surface area (Å²) in [5.41, 5.74) is -0.298. The van der Waals surface area contributed by atoms with E-state index in [0.717, 1.165) is 12.4 Å². The summed E-state index contributed by atoms with van der Waals surface area (Å²) in [5, 5.41) is 5.78. The Morgan fingerprint density at radius 2 is 1.88 bits per heavy atom. The number of hydrogen-bond acceptors (Lipinski definition) is 5. The van der Waals surface area contributed by atoms with Crippen LogP contribution in [0.15, 0.2) is 47.3 Å². The van der Waals surface area contributed by atoms with Gasteiger partial charge in [-0.25, -0.2) is 4.98 Å². The third-order valence-corrected chi connectivity index (χ3v) is 3.75. The van der Waals surface area contributed by atoms with E-state index >= 15 is 0 Å². The normalized spacial score (nSPS) is 11.5. The van der Waals surface area contributed by atoms with E-state index in [1.807, 2.05) is 0 Å². The van der Waals surface area contributed by atoms with Crippen LogP contribution in [0.5, 0.6) is 0 Å². The minimum Gasteiger partial charge on any atom is -0.469 e. The quantitative estimate of drug-likeness (QED) is 0.537. The molecule has 0 aliphatic rings. The Morgan fingerprint density at radius 1 is 1.12 bits per heavy atom. The summed E-state index contributed by atoms with van der Waals surface area (Å²) in [6.07, 6.45) is -2.58. The van der Waals surface area contributed by atoms with Crippen LogP contribution < -0.4 is 0 Å². The van der Waals surface area contributed by atoms with E-state index < -0.39 is 23.3 Å². The van der Waals surface area contributed by atoms with Gasteiger partial charge < -0.3 is 4.42 Å². The highest BCUT2D eigenvalue weighted by molar-refractivity contribution is 6.43. The molecule has 6 nitrogen and oxygen atoms in total. The lowest BCUT2D eigenvalue weighted by Crippen LogP contribution is -2.18. The highest BCUT2D eigenvalue weighted by atomic mass is 19.4. The molecule has 3 rings (SSSR count). The molecule has 2 heterocycles. The number of aromatic amines is 1. The van der Waals surface area contributed by atoms with Crippen molar-refractivity contribution in [1.82, 2.24) is 15.2 Å². The Kier molecular flexibility index (Phi) is 4.70. The molecule has 1 N–H and O–H groups in total. The van der Waals surface area contributed by atoms with Crippen molar-refractivity contribution in [2.45, 2.75) is 19.0 Å². The molecule has 0 saturated carbocycles. The number of Topliss-reactive ketones (excluding diaryl/α,β-unsaturated/α-hetero) is 2. The van der Waals surface area contributed by atoms with Gasteiger partial charge in [-0.2, -0.15) is 18.3 Å². The molecule has 26 heavy (non-hydrogen) atoms. The summed E-state index contributed by atoms with van der Waals surface area (Å²) in [4.78, 5) is 27.6.